The van der Waals surface area contributed by atoms with Gasteiger partial charge < -0.3 is 39.0 Å². The van der Waals surface area contributed by atoms with E-state index in [1.54, 1.807) is 43.0 Å². The first kappa shape index (κ1) is 58.2. The van der Waals surface area contributed by atoms with Gasteiger partial charge in [0.25, 0.3) is 0 Å². The number of ether oxygens (including phenoxy) is 4. The van der Waals surface area contributed by atoms with Crippen LogP contribution >= 0.6 is 54.0 Å². The van der Waals surface area contributed by atoms with E-state index in [2.05, 4.69) is 15.3 Å². The SMILES string of the molecule is COC(=O)C[C@H](C(=O)N1CCC[C@H]1C1=Nc2ccc(-c3ccc4c(c3)C(F)(F)C(F)(F)c3cc(-c5cnc([C@@H]6CC7(CN6C(=O)[C@@H](NC(=O)OC)C(C)C)OCCO7)[nH]5)ccc3-4)cc2C1)C(C)C.S.S.S.S. The summed E-state index contributed by atoms with van der Waals surface area (Å²) in [5, 5.41) is 2.60. The van der Waals surface area contributed by atoms with E-state index < -0.39 is 64.7 Å². The number of aromatic amines is 1. The standard InChI is InChI=1S/C50H54F4N6O8.4H2S/c1-26(2)34(22-42(61)65-5)45(62)59-15-7-8-40(59)38-21-31-18-28(11-14-37(31)56-38)29-9-12-32-33-13-10-30(20-36(33)50(53,54)49(51,52)35(32)19-29)39-24-55-44(57-39)41-23-48(67-16-17-68-48)25-60(41)46(63)43(27(3)4)58-47(64)66-6;;;;/h9-14,18-20,24,26-27,34,40-41,43H,7-8,15-17,21-23,25H2,1-6H3,(H,55,57)(H,58,64);4*1H2/t34-,40-,41-,43-;;;;/m0..../s1. The number of likely N-dealkylation sites (tertiary alicyclic amines) is 2. The lowest BCUT2D eigenvalue weighted by atomic mass is 9.78. The zero-order valence-electron chi connectivity index (χ0n) is 40.7. The molecule has 4 atom stereocenters. The Hall–Kier alpha value is -4.74. The fraction of sp³-hybridized carbons (Fsp3) is 0.480. The molecule has 9 rings (SSSR count). The topological polar surface area (TPSA) is 165 Å². The number of benzene rings is 3. The fourth-order valence-electron chi connectivity index (χ4n) is 10.4. The zero-order valence-corrected chi connectivity index (χ0v) is 44.7. The van der Waals surface area contributed by atoms with Crippen LogP contribution in [0.2, 0.25) is 0 Å². The van der Waals surface area contributed by atoms with Gasteiger partial charge in [-0.25, -0.2) is 9.78 Å². The number of imidazole rings is 1. The van der Waals surface area contributed by atoms with Crippen LogP contribution in [0.25, 0.3) is 33.5 Å². The van der Waals surface area contributed by atoms with E-state index in [4.69, 9.17) is 23.9 Å². The van der Waals surface area contributed by atoms with Gasteiger partial charge in [-0.15, -0.1) is 0 Å². The molecule has 0 saturated carbocycles. The van der Waals surface area contributed by atoms with Crippen LogP contribution < -0.4 is 5.32 Å². The lowest BCUT2D eigenvalue weighted by molar-refractivity contribution is -0.225. The molecule has 0 unspecified atom stereocenters. The first-order valence-electron chi connectivity index (χ1n) is 23.0. The number of nitrogens with zero attached hydrogens (tertiary/aromatic N) is 4. The van der Waals surface area contributed by atoms with Crippen LogP contribution in [-0.4, -0.2) is 108 Å². The molecule has 0 radical (unpaired) electrons. The number of esters is 1. The number of nitrogens with one attached hydrogen (secondary N) is 2. The number of hydrogen-bond donors (Lipinski definition) is 2. The summed E-state index contributed by atoms with van der Waals surface area (Å²) in [7, 11) is 2.50. The second-order valence-electron chi connectivity index (χ2n) is 18.9. The van der Waals surface area contributed by atoms with Crippen molar-refractivity contribution in [3.8, 4) is 33.5 Å². The first-order chi connectivity index (χ1) is 32.4. The highest BCUT2D eigenvalue weighted by Crippen LogP contribution is 2.59. The van der Waals surface area contributed by atoms with Crippen molar-refractivity contribution < 1.29 is 55.7 Å². The third-order valence-corrected chi connectivity index (χ3v) is 14.1. The van der Waals surface area contributed by atoms with E-state index in [0.717, 1.165) is 29.8 Å². The van der Waals surface area contributed by atoms with Crippen LogP contribution in [0.15, 0.2) is 65.8 Å². The Kier molecular flexibility index (Phi) is 18.1. The number of H-pyrrole nitrogens is 1. The Bertz CT molecular complexity index is 2720. The van der Waals surface area contributed by atoms with Crippen LogP contribution in [0, 0.1) is 17.8 Å². The highest BCUT2D eigenvalue weighted by atomic mass is 32.1. The van der Waals surface area contributed by atoms with E-state index in [9.17, 15) is 19.2 Å². The quantitative estimate of drug-likeness (QED) is 0.110. The Labute approximate surface area is 443 Å². The summed E-state index contributed by atoms with van der Waals surface area (Å²) in [4.78, 5) is 68.0. The van der Waals surface area contributed by atoms with Crippen LogP contribution in [0.5, 0.6) is 0 Å². The van der Waals surface area contributed by atoms with Crippen LogP contribution in [0.1, 0.15) is 81.9 Å². The molecular weight excluding hydrogens is 1020 g/mol. The molecule has 1 aromatic heterocycles. The molecular formula is C50H62F4N6O8S4. The number of carbonyl (C=O) groups is 4. The molecule has 4 aromatic rings. The van der Waals surface area contributed by atoms with Gasteiger partial charge in [-0.05, 0) is 76.8 Å². The summed E-state index contributed by atoms with van der Waals surface area (Å²) < 4.78 is 87.0. The molecule has 392 valence electrons. The molecule has 1 spiro atoms. The van der Waals surface area contributed by atoms with Gasteiger partial charge in [0.1, 0.15) is 11.9 Å². The Morgan fingerprint density at radius 2 is 1.40 bits per heavy atom. The largest absolute Gasteiger partial charge is 0.469 e. The number of rotatable bonds is 11. The molecule has 1 aliphatic carbocycles. The summed E-state index contributed by atoms with van der Waals surface area (Å²) in [6, 6.07) is 11.6. The smallest absolute Gasteiger partial charge is 0.407 e. The molecule has 0 bridgehead atoms. The van der Waals surface area contributed by atoms with Crippen molar-refractivity contribution in [2.75, 3.05) is 40.5 Å². The number of hydrogen-bond acceptors (Lipinski definition) is 10. The molecule has 72 heavy (non-hydrogen) atoms. The molecule has 5 aliphatic rings. The van der Waals surface area contributed by atoms with Crippen molar-refractivity contribution in [3.05, 3.63) is 83.3 Å². The van der Waals surface area contributed by atoms with Gasteiger partial charge >= 0.3 is 23.9 Å². The lowest BCUT2D eigenvalue weighted by Crippen LogP contribution is -2.52. The van der Waals surface area contributed by atoms with Gasteiger partial charge in [0, 0.05) is 41.8 Å². The van der Waals surface area contributed by atoms with E-state index >= 15 is 17.6 Å². The summed E-state index contributed by atoms with van der Waals surface area (Å²) in [6.07, 6.45) is 2.69. The maximum absolute atomic E-state index is 16.4. The molecule has 5 heterocycles. The minimum Gasteiger partial charge on any atom is -0.469 e. The van der Waals surface area contributed by atoms with Gasteiger partial charge in [0.2, 0.25) is 11.8 Å². The Balaban J connectivity index is 0.00000241. The second-order valence-corrected chi connectivity index (χ2v) is 18.9. The van der Waals surface area contributed by atoms with Crippen molar-refractivity contribution in [3.63, 3.8) is 0 Å². The Morgan fingerprint density at radius 3 is 2.01 bits per heavy atom. The number of aromatic nitrogens is 2. The van der Waals surface area contributed by atoms with Gasteiger partial charge in [-0.2, -0.15) is 71.5 Å². The van der Waals surface area contributed by atoms with Crippen molar-refractivity contribution >= 4 is 89.3 Å². The molecule has 22 heteroatoms. The van der Waals surface area contributed by atoms with Gasteiger partial charge in [0.05, 0.1) is 76.0 Å². The van der Waals surface area contributed by atoms with Crippen molar-refractivity contribution in [1.29, 1.82) is 0 Å². The van der Waals surface area contributed by atoms with Gasteiger partial charge in [0.15, 0.2) is 5.79 Å². The molecule has 3 amide bonds. The maximum atomic E-state index is 16.4. The van der Waals surface area contributed by atoms with Crippen molar-refractivity contribution in [1.82, 2.24) is 25.1 Å². The normalized spacial score (nSPS) is 20.4. The average molecular weight is 1080 g/mol. The summed E-state index contributed by atoms with van der Waals surface area (Å²) >= 11 is 0. The number of alkyl carbamates (subject to hydrolysis) is 1. The molecule has 3 aromatic carbocycles. The number of amides is 3. The summed E-state index contributed by atoms with van der Waals surface area (Å²) in [5.41, 5.74) is 1.91. The zero-order chi connectivity index (χ0) is 48.4. The third-order valence-electron chi connectivity index (χ3n) is 14.1. The van der Waals surface area contributed by atoms with E-state index in [0.29, 0.717) is 49.4 Å². The molecule has 14 nitrogen and oxygen atoms in total. The van der Waals surface area contributed by atoms with Crippen LogP contribution in [0.4, 0.5) is 28.0 Å². The average Bonchev–Trinajstić information content (AvgIpc) is 4.19. The first-order valence-corrected chi connectivity index (χ1v) is 23.0. The summed E-state index contributed by atoms with van der Waals surface area (Å²) in [6.45, 7) is 8.53. The molecule has 2 N–H and O–H groups in total. The number of carbonyl (C=O) groups excluding carboxylic acids is 4. The minimum absolute atomic E-state index is 0. The van der Waals surface area contributed by atoms with Crippen LogP contribution in [-0.2, 0) is 51.6 Å². The highest BCUT2D eigenvalue weighted by molar-refractivity contribution is 7.59. The van der Waals surface area contributed by atoms with Crippen molar-refractivity contribution in [2.45, 2.75) is 95.6 Å². The number of fused-ring (bicyclic) bond motifs is 4. The monoisotopic (exact) mass is 1080 g/mol. The van der Waals surface area contributed by atoms with E-state index in [-0.39, 0.29) is 125 Å². The number of alkyl halides is 4. The van der Waals surface area contributed by atoms with E-state index in [1.165, 1.54) is 37.4 Å². The lowest BCUT2D eigenvalue weighted by Gasteiger charge is -2.35. The number of halogens is 4. The predicted octanol–water partition coefficient (Wildman–Crippen LogP) is 8.91. The molecule has 3 saturated heterocycles. The number of methoxy groups -OCH3 is 2. The second kappa shape index (κ2) is 22.4. The highest BCUT2D eigenvalue weighted by Gasteiger charge is 2.63. The predicted molar refractivity (Wildman–Crippen MR) is 283 cm³/mol. The summed E-state index contributed by atoms with van der Waals surface area (Å²) in [5.74, 6) is -12.0. The van der Waals surface area contributed by atoms with Crippen LogP contribution in [0.3, 0.4) is 0 Å². The van der Waals surface area contributed by atoms with E-state index in [1.807, 2.05) is 19.9 Å². The minimum atomic E-state index is -4.61. The van der Waals surface area contributed by atoms with Gasteiger partial charge in [-0.1, -0.05) is 58.0 Å². The third kappa shape index (κ3) is 10.4. The fourth-order valence-corrected chi connectivity index (χ4v) is 10.4. The molecule has 3 fully saturated rings. The maximum Gasteiger partial charge on any atom is 0.407 e. The van der Waals surface area contributed by atoms with Gasteiger partial charge in [-0.3, -0.25) is 19.4 Å². The number of aliphatic imine (C=N–C) groups is 1. The van der Waals surface area contributed by atoms with Crippen molar-refractivity contribution in [2.24, 2.45) is 22.7 Å². The Morgan fingerprint density at radius 1 is 0.792 bits per heavy atom. The molecule has 4 aliphatic heterocycles.